The second kappa shape index (κ2) is 7.97. The van der Waals surface area contributed by atoms with E-state index in [0.29, 0.717) is 0 Å². The molecular formula is C16H13ClF3NO6. The van der Waals surface area contributed by atoms with Crippen molar-refractivity contribution in [2.24, 2.45) is 0 Å². The number of benzene rings is 1. The van der Waals surface area contributed by atoms with Gasteiger partial charge in [0.1, 0.15) is 12.4 Å². The number of ether oxygens (including phenoxy) is 3. The number of hydrogen-bond acceptors (Lipinski definition) is 7. The van der Waals surface area contributed by atoms with Gasteiger partial charge in [0.2, 0.25) is 0 Å². The zero-order valence-electron chi connectivity index (χ0n) is 14.1. The number of ketones is 1. The van der Waals surface area contributed by atoms with Gasteiger partial charge in [-0.05, 0) is 18.2 Å². The lowest BCUT2D eigenvalue weighted by atomic mass is 10.0. The Morgan fingerprint density at radius 3 is 2.33 bits per heavy atom. The SMILES string of the molecule is COC(=O)C1=C(C(=O)OC)N(c2ccc(Cl)cc2C(=O)C(F)(F)F)COC1. The van der Waals surface area contributed by atoms with E-state index in [1.165, 1.54) is 6.07 Å². The van der Waals surface area contributed by atoms with Crippen molar-refractivity contribution in [3.05, 3.63) is 40.1 Å². The van der Waals surface area contributed by atoms with Gasteiger partial charge in [-0.2, -0.15) is 13.2 Å². The van der Waals surface area contributed by atoms with Crippen molar-refractivity contribution in [1.29, 1.82) is 0 Å². The summed E-state index contributed by atoms with van der Waals surface area (Å²) in [4.78, 5) is 36.9. The lowest BCUT2D eigenvalue weighted by Crippen LogP contribution is -2.40. The highest BCUT2D eigenvalue weighted by molar-refractivity contribution is 6.31. The van der Waals surface area contributed by atoms with Gasteiger partial charge < -0.3 is 19.1 Å². The first kappa shape index (κ1) is 20.7. The number of halogens is 4. The first-order valence-corrected chi connectivity index (χ1v) is 7.65. The van der Waals surface area contributed by atoms with E-state index in [1.54, 1.807) is 0 Å². The number of esters is 2. The van der Waals surface area contributed by atoms with Crippen molar-refractivity contribution >= 4 is 35.0 Å². The van der Waals surface area contributed by atoms with Crippen molar-refractivity contribution < 1.29 is 41.8 Å². The number of methoxy groups -OCH3 is 2. The standard InChI is InChI=1S/C16H13ClF3NO6/c1-25-14(23)10-6-27-7-21(12(10)15(24)26-2)11-4-3-8(17)5-9(11)13(22)16(18,19)20/h3-5H,6-7H2,1-2H3. The van der Waals surface area contributed by atoms with Gasteiger partial charge in [0.15, 0.2) is 0 Å². The maximum atomic E-state index is 13.0. The molecule has 1 aliphatic rings. The molecule has 2 rings (SSSR count). The number of carbonyl (C=O) groups excluding carboxylic acids is 3. The number of hydrogen-bond donors (Lipinski definition) is 0. The van der Waals surface area contributed by atoms with Crippen LogP contribution in [-0.2, 0) is 23.8 Å². The maximum absolute atomic E-state index is 13.0. The zero-order chi connectivity index (χ0) is 20.4. The number of Topliss-reactive ketones (excluding diaryl/α,β-unsaturated/α-hetero) is 1. The summed E-state index contributed by atoms with van der Waals surface area (Å²) >= 11 is 5.73. The van der Waals surface area contributed by atoms with Gasteiger partial charge in [0.05, 0.1) is 37.7 Å². The van der Waals surface area contributed by atoms with Crippen LogP contribution in [0.3, 0.4) is 0 Å². The van der Waals surface area contributed by atoms with Crippen LogP contribution in [0.25, 0.3) is 0 Å². The monoisotopic (exact) mass is 407 g/mol. The third kappa shape index (κ3) is 4.22. The van der Waals surface area contributed by atoms with Crippen LogP contribution in [-0.4, -0.2) is 51.5 Å². The molecule has 146 valence electrons. The smallest absolute Gasteiger partial charge is 0.454 e. The number of alkyl halides is 3. The highest BCUT2D eigenvalue weighted by atomic mass is 35.5. The third-order valence-electron chi connectivity index (χ3n) is 3.58. The molecule has 0 fully saturated rings. The quantitative estimate of drug-likeness (QED) is 0.560. The number of nitrogens with zero attached hydrogens (tertiary/aromatic N) is 1. The van der Waals surface area contributed by atoms with Crippen LogP contribution in [0.2, 0.25) is 5.02 Å². The Kier molecular flexibility index (Phi) is 6.11. The molecular weight excluding hydrogens is 395 g/mol. The first-order chi connectivity index (χ1) is 12.6. The molecule has 11 heteroatoms. The van der Waals surface area contributed by atoms with Gasteiger partial charge in [-0.15, -0.1) is 0 Å². The zero-order valence-corrected chi connectivity index (χ0v) is 14.8. The fourth-order valence-corrected chi connectivity index (χ4v) is 2.58. The Hall–Kier alpha value is -2.59. The van der Waals surface area contributed by atoms with Crippen LogP contribution >= 0.6 is 11.6 Å². The van der Waals surface area contributed by atoms with E-state index in [2.05, 4.69) is 9.47 Å². The molecule has 0 bridgehead atoms. The Bertz CT molecular complexity index is 821. The predicted molar refractivity (Wildman–Crippen MR) is 86.2 cm³/mol. The highest BCUT2D eigenvalue weighted by Crippen LogP contribution is 2.34. The molecule has 1 heterocycles. The van der Waals surface area contributed by atoms with E-state index in [0.717, 1.165) is 31.3 Å². The molecule has 1 aliphatic heterocycles. The second-order valence-electron chi connectivity index (χ2n) is 5.20. The molecule has 7 nitrogen and oxygen atoms in total. The average molecular weight is 408 g/mol. The normalized spacial score (nSPS) is 14.8. The van der Waals surface area contributed by atoms with Crippen LogP contribution in [0.15, 0.2) is 29.5 Å². The predicted octanol–water partition coefficient (Wildman–Crippen LogP) is 2.48. The summed E-state index contributed by atoms with van der Waals surface area (Å²) in [6.45, 7) is -0.742. The molecule has 27 heavy (non-hydrogen) atoms. The summed E-state index contributed by atoms with van der Waals surface area (Å²) in [5.41, 5.74) is -1.81. The van der Waals surface area contributed by atoms with Gasteiger partial charge in [-0.1, -0.05) is 11.6 Å². The van der Waals surface area contributed by atoms with Crippen LogP contribution in [0.4, 0.5) is 18.9 Å². The van der Waals surface area contributed by atoms with Crippen LogP contribution < -0.4 is 4.90 Å². The van der Waals surface area contributed by atoms with E-state index in [-0.39, 0.29) is 22.9 Å². The van der Waals surface area contributed by atoms with Gasteiger partial charge in [-0.25, -0.2) is 9.59 Å². The first-order valence-electron chi connectivity index (χ1n) is 7.28. The van der Waals surface area contributed by atoms with E-state index >= 15 is 0 Å². The minimum Gasteiger partial charge on any atom is -0.466 e. The fourth-order valence-electron chi connectivity index (χ4n) is 2.41. The molecule has 0 amide bonds. The molecule has 0 aliphatic carbocycles. The molecule has 0 spiro atoms. The van der Waals surface area contributed by atoms with E-state index < -0.39 is 41.9 Å². The minimum atomic E-state index is -5.18. The molecule has 0 radical (unpaired) electrons. The number of carbonyl (C=O) groups is 3. The van der Waals surface area contributed by atoms with Crippen molar-refractivity contribution in [2.75, 3.05) is 32.5 Å². The molecule has 0 aromatic heterocycles. The molecule has 0 saturated carbocycles. The largest absolute Gasteiger partial charge is 0.466 e. The number of rotatable bonds is 4. The highest BCUT2D eigenvalue weighted by Gasteiger charge is 2.42. The van der Waals surface area contributed by atoms with E-state index in [1.807, 2.05) is 0 Å². The summed E-state index contributed by atoms with van der Waals surface area (Å²) in [7, 11) is 2.09. The van der Waals surface area contributed by atoms with Gasteiger partial charge >= 0.3 is 18.1 Å². The summed E-state index contributed by atoms with van der Waals surface area (Å²) in [6, 6.07) is 3.15. The van der Waals surface area contributed by atoms with Crippen molar-refractivity contribution in [1.82, 2.24) is 0 Å². The number of anilines is 1. The Morgan fingerprint density at radius 2 is 1.78 bits per heavy atom. The molecule has 1 aromatic rings. The Morgan fingerprint density at radius 1 is 1.15 bits per heavy atom. The summed E-state index contributed by atoms with van der Waals surface area (Å²) in [6.07, 6.45) is -5.18. The van der Waals surface area contributed by atoms with Gasteiger partial charge in [0, 0.05) is 5.02 Å². The summed E-state index contributed by atoms with van der Waals surface area (Å²) in [5, 5.41) is -0.124. The Labute approximate surface area is 156 Å². The molecule has 1 aromatic carbocycles. The lowest BCUT2D eigenvalue weighted by Gasteiger charge is -2.32. The fraction of sp³-hybridized carbons (Fsp3) is 0.312. The van der Waals surface area contributed by atoms with Crippen molar-refractivity contribution in [2.45, 2.75) is 6.18 Å². The average Bonchev–Trinajstić information content (AvgIpc) is 2.64. The van der Waals surface area contributed by atoms with Crippen molar-refractivity contribution in [3.63, 3.8) is 0 Å². The molecule has 0 N–H and O–H groups in total. The second-order valence-corrected chi connectivity index (χ2v) is 5.64. The maximum Gasteiger partial charge on any atom is 0.454 e. The van der Waals surface area contributed by atoms with Crippen LogP contribution in [0.1, 0.15) is 10.4 Å². The van der Waals surface area contributed by atoms with Gasteiger partial charge in [-0.3, -0.25) is 4.79 Å². The molecule has 0 atom stereocenters. The van der Waals surface area contributed by atoms with Crippen molar-refractivity contribution in [3.8, 4) is 0 Å². The van der Waals surface area contributed by atoms with Gasteiger partial charge in [0.25, 0.3) is 5.78 Å². The summed E-state index contributed by atoms with van der Waals surface area (Å²) < 4.78 is 53.3. The van der Waals surface area contributed by atoms with E-state index in [4.69, 9.17) is 16.3 Å². The summed E-state index contributed by atoms with van der Waals surface area (Å²) in [5.74, 6) is -4.12. The lowest BCUT2D eigenvalue weighted by molar-refractivity contribution is -0.140. The van der Waals surface area contributed by atoms with Crippen LogP contribution in [0, 0.1) is 0 Å². The van der Waals surface area contributed by atoms with Crippen LogP contribution in [0.5, 0.6) is 0 Å². The molecule has 0 saturated heterocycles. The topological polar surface area (TPSA) is 82.1 Å². The minimum absolute atomic E-state index is 0.124. The third-order valence-corrected chi connectivity index (χ3v) is 3.82. The van der Waals surface area contributed by atoms with E-state index in [9.17, 15) is 27.6 Å². The Balaban J connectivity index is 2.70. The molecule has 0 unspecified atom stereocenters.